The van der Waals surface area contributed by atoms with Crippen LogP contribution in [0.2, 0.25) is 5.02 Å². The number of rotatable bonds is 7. The van der Waals surface area contributed by atoms with Gasteiger partial charge in [-0.2, -0.15) is 10.2 Å². The first kappa shape index (κ1) is 20.7. The Morgan fingerprint density at radius 2 is 1.88 bits per heavy atom. The molecule has 1 aliphatic rings. The summed E-state index contributed by atoms with van der Waals surface area (Å²) < 4.78 is 2.03. The predicted octanol–water partition coefficient (Wildman–Crippen LogP) is 5.11. The lowest BCUT2D eigenvalue weighted by molar-refractivity contribution is 0.643. The molecule has 34 heavy (non-hydrogen) atoms. The molecule has 0 atom stereocenters. The van der Waals surface area contributed by atoms with Crippen molar-refractivity contribution in [1.82, 2.24) is 29.9 Å². The molecule has 2 aromatic carbocycles. The average Bonchev–Trinajstić information content (AvgIpc) is 3.39. The average molecular weight is 471 g/mol. The van der Waals surface area contributed by atoms with E-state index < -0.39 is 0 Å². The van der Waals surface area contributed by atoms with Gasteiger partial charge in [0, 0.05) is 41.7 Å². The molecule has 5 aromatic rings. The molecule has 1 saturated carbocycles. The molecule has 0 radical (unpaired) electrons. The SMILES string of the molecule is Nc1nc(-c2ccccc2)c(-c2cc(Cl)c3[nH]ncc3c2)nc1CCNc1ccn(C2CC2)n1. The van der Waals surface area contributed by atoms with Crippen molar-refractivity contribution in [1.29, 1.82) is 0 Å². The molecule has 9 heteroatoms. The van der Waals surface area contributed by atoms with Gasteiger partial charge in [0.05, 0.1) is 39.9 Å². The van der Waals surface area contributed by atoms with E-state index in [1.54, 1.807) is 6.20 Å². The van der Waals surface area contributed by atoms with Crippen molar-refractivity contribution in [2.45, 2.75) is 25.3 Å². The van der Waals surface area contributed by atoms with Crippen LogP contribution in [0.25, 0.3) is 33.4 Å². The van der Waals surface area contributed by atoms with Gasteiger partial charge in [0.1, 0.15) is 11.6 Å². The fourth-order valence-electron chi connectivity index (χ4n) is 4.10. The van der Waals surface area contributed by atoms with Gasteiger partial charge in [0.15, 0.2) is 0 Å². The molecule has 0 saturated heterocycles. The van der Waals surface area contributed by atoms with Gasteiger partial charge >= 0.3 is 0 Å². The van der Waals surface area contributed by atoms with Crippen LogP contribution in [0.15, 0.2) is 60.9 Å². The van der Waals surface area contributed by atoms with Crippen LogP contribution in [0.3, 0.4) is 0 Å². The summed E-state index contributed by atoms with van der Waals surface area (Å²) in [5.74, 6) is 1.28. The molecule has 0 unspecified atom stereocenters. The van der Waals surface area contributed by atoms with Gasteiger partial charge in [0.25, 0.3) is 0 Å². The van der Waals surface area contributed by atoms with Crippen molar-refractivity contribution >= 4 is 34.1 Å². The van der Waals surface area contributed by atoms with E-state index in [0.717, 1.165) is 44.9 Å². The topological polar surface area (TPSA) is 110 Å². The number of aromatic nitrogens is 6. The van der Waals surface area contributed by atoms with Crippen LogP contribution < -0.4 is 11.1 Å². The van der Waals surface area contributed by atoms with Crippen molar-refractivity contribution in [2.75, 3.05) is 17.6 Å². The summed E-state index contributed by atoms with van der Waals surface area (Å²) in [6.07, 6.45) is 6.80. The second-order valence-corrected chi connectivity index (χ2v) is 8.91. The van der Waals surface area contributed by atoms with Gasteiger partial charge in [-0.3, -0.25) is 9.78 Å². The molecule has 0 bridgehead atoms. The summed E-state index contributed by atoms with van der Waals surface area (Å²) in [5.41, 5.74) is 11.2. The Hall–Kier alpha value is -3.91. The first-order valence-corrected chi connectivity index (χ1v) is 11.7. The number of aromatic amines is 1. The summed E-state index contributed by atoms with van der Waals surface area (Å²) >= 11 is 6.54. The van der Waals surface area contributed by atoms with Gasteiger partial charge in [0.2, 0.25) is 0 Å². The van der Waals surface area contributed by atoms with Gasteiger partial charge in [-0.05, 0) is 25.0 Å². The molecule has 8 nitrogen and oxygen atoms in total. The van der Waals surface area contributed by atoms with E-state index in [9.17, 15) is 0 Å². The Bertz CT molecular complexity index is 1470. The van der Waals surface area contributed by atoms with E-state index in [1.807, 2.05) is 59.4 Å². The lowest BCUT2D eigenvalue weighted by Crippen LogP contribution is -2.11. The van der Waals surface area contributed by atoms with Crippen molar-refractivity contribution in [2.24, 2.45) is 0 Å². The van der Waals surface area contributed by atoms with Crippen LogP contribution in [0.4, 0.5) is 11.6 Å². The van der Waals surface area contributed by atoms with Crippen molar-refractivity contribution in [3.8, 4) is 22.5 Å². The van der Waals surface area contributed by atoms with Gasteiger partial charge < -0.3 is 11.1 Å². The molecular weight excluding hydrogens is 448 g/mol. The molecule has 0 spiro atoms. The molecule has 170 valence electrons. The number of nitrogen functional groups attached to an aromatic ring is 1. The summed E-state index contributed by atoms with van der Waals surface area (Å²) in [7, 11) is 0. The minimum absolute atomic E-state index is 0.420. The third-order valence-corrected chi connectivity index (χ3v) is 6.32. The molecular formula is C25H23ClN8. The zero-order chi connectivity index (χ0) is 23.1. The van der Waals surface area contributed by atoms with Crippen molar-refractivity contribution in [3.63, 3.8) is 0 Å². The lowest BCUT2D eigenvalue weighted by atomic mass is 10.0. The number of anilines is 2. The lowest BCUT2D eigenvalue weighted by Gasteiger charge is -2.14. The fraction of sp³-hybridized carbons (Fsp3) is 0.200. The largest absolute Gasteiger partial charge is 0.382 e. The number of benzene rings is 2. The molecule has 3 aromatic heterocycles. The molecule has 0 aliphatic heterocycles. The Kier molecular flexibility index (Phi) is 5.15. The van der Waals surface area contributed by atoms with E-state index in [4.69, 9.17) is 27.3 Å². The molecule has 1 fully saturated rings. The molecule has 1 aliphatic carbocycles. The van der Waals surface area contributed by atoms with E-state index in [2.05, 4.69) is 20.6 Å². The molecule has 3 heterocycles. The second-order valence-electron chi connectivity index (χ2n) is 8.50. The summed E-state index contributed by atoms with van der Waals surface area (Å²) in [5, 5.41) is 16.5. The Labute approximate surface area is 201 Å². The zero-order valence-corrected chi connectivity index (χ0v) is 19.1. The van der Waals surface area contributed by atoms with Crippen molar-refractivity contribution in [3.05, 3.63) is 71.6 Å². The smallest absolute Gasteiger partial charge is 0.148 e. The van der Waals surface area contributed by atoms with Gasteiger partial charge in [-0.25, -0.2) is 9.97 Å². The third-order valence-electron chi connectivity index (χ3n) is 6.02. The van der Waals surface area contributed by atoms with E-state index in [-0.39, 0.29) is 0 Å². The number of halogens is 1. The number of nitrogens with zero attached hydrogens (tertiary/aromatic N) is 5. The second kappa shape index (κ2) is 8.46. The van der Waals surface area contributed by atoms with Crippen molar-refractivity contribution < 1.29 is 0 Å². The number of nitrogens with one attached hydrogen (secondary N) is 2. The van der Waals surface area contributed by atoms with E-state index in [1.165, 1.54) is 12.8 Å². The van der Waals surface area contributed by atoms with Crippen LogP contribution in [0.1, 0.15) is 24.6 Å². The van der Waals surface area contributed by atoms with E-state index in [0.29, 0.717) is 29.8 Å². The molecule has 0 amide bonds. The van der Waals surface area contributed by atoms with Crippen LogP contribution in [-0.4, -0.2) is 36.5 Å². The number of hydrogen-bond donors (Lipinski definition) is 3. The summed E-state index contributed by atoms with van der Waals surface area (Å²) in [6.45, 7) is 0.645. The Morgan fingerprint density at radius 1 is 1.06 bits per heavy atom. The molecule has 4 N–H and O–H groups in total. The monoisotopic (exact) mass is 470 g/mol. The maximum Gasteiger partial charge on any atom is 0.148 e. The van der Waals surface area contributed by atoms with Crippen LogP contribution >= 0.6 is 11.6 Å². The van der Waals surface area contributed by atoms with Gasteiger partial charge in [-0.15, -0.1) is 0 Å². The summed E-state index contributed by atoms with van der Waals surface area (Å²) in [4.78, 5) is 9.76. The predicted molar refractivity (Wildman–Crippen MR) is 135 cm³/mol. The van der Waals surface area contributed by atoms with E-state index >= 15 is 0 Å². The standard InChI is InChI=1S/C25H23ClN8/c26-19-13-16(12-17-14-29-32-22(17)19)24-23(15-4-2-1-3-5-15)31-25(27)20(30-24)8-10-28-21-9-11-34(33-21)18-6-7-18/h1-5,9,11-14,18H,6-8,10H2,(H2,27,31)(H,28,33)(H,29,32). The maximum absolute atomic E-state index is 6.54. The third kappa shape index (κ3) is 3.97. The number of hydrogen-bond acceptors (Lipinski definition) is 6. The minimum atomic E-state index is 0.420. The Morgan fingerprint density at radius 3 is 2.71 bits per heavy atom. The zero-order valence-electron chi connectivity index (χ0n) is 18.4. The fourth-order valence-corrected chi connectivity index (χ4v) is 4.37. The Balaban J connectivity index is 1.34. The van der Waals surface area contributed by atoms with Crippen LogP contribution in [-0.2, 0) is 6.42 Å². The van der Waals surface area contributed by atoms with Crippen LogP contribution in [0, 0.1) is 0 Å². The first-order chi connectivity index (χ1) is 16.7. The quantitative estimate of drug-likeness (QED) is 0.305. The highest BCUT2D eigenvalue weighted by Crippen LogP contribution is 2.35. The summed E-state index contributed by atoms with van der Waals surface area (Å²) in [6, 6.07) is 16.4. The normalized spacial score (nSPS) is 13.4. The number of H-pyrrole nitrogens is 1. The van der Waals surface area contributed by atoms with Gasteiger partial charge in [-0.1, -0.05) is 41.9 Å². The molecule has 6 rings (SSSR count). The number of nitrogens with two attached hydrogens (primary N) is 1. The first-order valence-electron chi connectivity index (χ1n) is 11.3. The minimum Gasteiger partial charge on any atom is -0.382 e. The number of fused-ring (bicyclic) bond motifs is 1. The highest BCUT2D eigenvalue weighted by Gasteiger charge is 2.24. The highest BCUT2D eigenvalue weighted by atomic mass is 35.5. The van der Waals surface area contributed by atoms with Crippen LogP contribution in [0.5, 0.6) is 0 Å². The maximum atomic E-state index is 6.54. The highest BCUT2D eigenvalue weighted by molar-refractivity contribution is 6.35.